The van der Waals surface area contributed by atoms with E-state index in [1.54, 1.807) is 23.8 Å². The monoisotopic (exact) mass is 309 g/mol. The molecule has 0 spiro atoms. The van der Waals surface area contributed by atoms with Crippen molar-refractivity contribution < 1.29 is 4.74 Å². The molecule has 2 aromatic heterocycles. The van der Waals surface area contributed by atoms with Crippen LogP contribution in [-0.2, 0) is 6.42 Å². The summed E-state index contributed by atoms with van der Waals surface area (Å²) in [4.78, 5) is 0.742. The fourth-order valence-corrected chi connectivity index (χ4v) is 2.93. The number of ether oxygens (including phenoxy) is 1. The van der Waals surface area contributed by atoms with E-state index in [-0.39, 0.29) is 0 Å². The molecule has 0 bridgehead atoms. The highest BCUT2D eigenvalue weighted by atomic mass is 35.5. The molecular formula is C12H12ClN5OS. The van der Waals surface area contributed by atoms with Crippen LogP contribution in [0.2, 0.25) is 5.02 Å². The zero-order chi connectivity index (χ0) is 14.3. The Hall–Kier alpha value is -1.86. The lowest BCUT2D eigenvalue weighted by Crippen LogP contribution is -1.95. The van der Waals surface area contributed by atoms with Crippen LogP contribution in [-0.4, -0.2) is 26.9 Å². The van der Waals surface area contributed by atoms with Crippen LogP contribution in [0, 0.1) is 0 Å². The summed E-state index contributed by atoms with van der Waals surface area (Å²) in [6.07, 6.45) is 0.768. The van der Waals surface area contributed by atoms with Crippen molar-refractivity contribution in [2.75, 3.05) is 12.8 Å². The van der Waals surface area contributed by atoms with Crippen LogP contribution in [0.3, 0.4) is 0 Å². The minimum atomic E-state index is 0.475. The maximum atomic E-state index is 6.09. The maximum Gasteiger partial charge on any atom is 0.234 e. The molecule has 8 heteroatoms. The fraction of sp³-hybridized carbons (Fsp3) is 0.250. The molecular weight excluding hydrogens is 298 g/mol. The molecule has 2 N–H and O–H groups in total. The Morgan fingerprint density at radius 1 is 1.40 bits per heavy atom. The second kappa shape index (κ2) is 4.92. The minimum Gasteiger partial charge on any atom is -0.496 e. The second-order valence-corrected chi connectivity index (χ2v) is 5.51. The molecule has 0 aliphatic rings. The third-order valence-electron chi connectivity index (χ3n) is 2.92. The number of nitrogen functional groups attached to an aromatic ring is 1. The summed E-state index contributed by atoms with van der Waals surface area (Å²) < 4.78 is 7.09. The molecule has 0 saturated heterocycles. The Balaban J connectivity index is 2.19. The Morgan fingerprint density at radius 2 is 2.20 bits per heavy atom. The van der Waals surface area contributed by atoms with E-state index < -0.39 is 0 Å². The van der Waals surface area contributed by atoms with Gasteiger partial charge in [0.2, 0.25) is 4.96 Å². The van der Waals surface area contributed by atoms with Gasteiger partial charge in [-0.2, -0.15) is 9.61 Å². The first kappa shape index (κ1) is 13.1. The lowest BCUT2D eigenvalue weighted by Gasteiger charge is -2.08. The fourth-order valence-electron chi connectivity index (χ4n) is 1.89. The van der Waals surface area contributed by atoms with Crippen LogP contribution in [0.5, 0.6) is 5.75 Å². The van der Waals surface area contributed by atoms with Crippen molar-refractivity contribution in [3.05, 3.63) is 23.0 Å². The molecule has 1 aromatic carbocycles. The smallest absolute Gasteiger partial charge is 0.234 e. The number of aryl methyl sites for hydroxylation is 1. The number of benzene rings is 1. The van der Waals surface area contributed by atoms with Crippen LogP contribution < -0.4 is 10.5 Å². The van der Waals surface area contributed by atoms with Crippen molar-refractivity contribution in [2.45, 2.75) is 13.3 Å². The predicted octanol–water partition coefficient (Wildman–Crippen LogP) is 2.66. The van der Waals surface area contributed by atoms with Crippen molar-refractivity contribution in [3.8, 4) is 16.3 Å². The lowest BCUT2D eigenvalue weighted by molar-refractivity contribution is 0.416. The van der Waals surface area contributed by atoms with Gasteiger partial charge in [0.25, 0.3) is 0 Å². The molecule has 20 heavy (non-hydrogen) atoms. The van der Waals surface area contributed by atoms with Crippen LogP contribution >= 0.6 is 22.9 Å². The second-order valence-electron chi connectivity index (χ2n) is 4.15. The molecule has 3 rings (SSSR count). The molecule has 3 aromatic rings. The summed E-state index contributed by atoms with van der Waals surface area (Å²) in [7, 11) is 1.59. The van der Waals surface area contributed by atoms with Gasteiger partial charge in [0.1, 0.15) is 5.75 Å². The van der Waals surface area contributed by atoms with E-state index in [9.17, 15) is 0 Å². The Kier molecular flexibility index (Phi) is 3.23. The van der Waals surface area contributed by atoms with E-state index in [1.165, 1.54) is 11.3 Å². The quantitative estimate of drug-likeness (QED) is 0.752. The Labute approximate surface area is 124 Å². The average molecular weight is 310 g/mol. The average Bonchev–Trinajstić information content (AvgIpc) is 3.00. The SMILES string of the molecule is CCc1nnc2sc(-c3cc(Cl)c(N)cc3OC)nn12. The van der Waals surface area contributed by atoms with Gasteiger partial charge < -0.3 is 10.5 Å². The maximum absolute atomic E-state index is 6.09. The standard InChI is InChI=1S/C12H12ClN5OS/c1-3-10-15-16-12-18(10)17-11(20-12)6-4-7(13)8(14)5-9(6)19-2/h4-5H,3,14H2,1-2H3. The molecule has 2 heterocycles. The summed E-state index contributed by atoms with van der Waals surface area (Å²) in [5, 5.41) is 13.9. The van der Waals surface area contributed by atoms with Crippen molar-refractivity contribution in [3.63, 3.8) is 0 Å². The molecule has 0 amide bonds. The van der Waals surface area contributed by atoms with E-state index in [4.69, 9.17) is 22.1 Å². The van der Waals surface area contributed by atoms with Crippen LogP contribution in [0.15, 0.2) is 12.1 Å². The number of anilines is 1. The summed E-state index contributed by atoms with van der Waals surface area (Å²) in [6.45, 7) is 2.01. The van der Waals surface area contributed by atoms with E-state index in [2.05, 4.69) is 15.3 Å². The largest absolute Gasteiger partial charge is 0.496 e. The third-order valence-corrected chi connectivity index (χ3v) is 4.18. The normalized spacial score (nSPS) is 11.2. The number of rotatable bonds is 3. The number of nitrogens with two attached hydrogens (primary N) is 1. The first-order valence-corrected chi connectivity index (χ1v) is 7.18. The van der Waals surface area contributed by atoms with Crippen molar-refractivity contribution in [2.24, 2.45) is 0 Å². The zero-order valence-electron chi connectivity index (χ0n) is 10.9. The van der Waals surface area contributed by atoms with E-state index >= 15 is 0 Å². The summed E-state index contributed by atoms with van der Waals surface area (Å²) in [5.41, 5.74) is 7.06. The van der Waals surface area contributed by atoms with Crippen LogP contribution in [0.1, 0.15) is 12.7 Å². The number of halogens is 1. The first-order valence-electron chi connectivity index (χ1n) is 5.98. The Morgan fingerprint density at radius 3 is 2.90 bits per heavy atom. The first-order chi connectivity index (χ1) is 9.63. The van der Waals surface area contributed by atoms with Gasteiger partial charge in [-0.05, 0) is 6.07 Å². The Bertz CT molecular complexity index is 782. The summed E-state index contributed by atoms with van der Waals surface area (Å²) in [5.74, 6) is 1.46. The van der Waals surface area contributed by atoms with Crippen molar-refractivity contribution >= 4 is 33.6 Å². The highest BCUT2D eigenvalue weighted by Crippen LogP contribution is 2.37. The molecule has 0 fully saturated rings. The number of fused-ring (bicyclic) bond motifs is 1. The van der Waals surface area contributed by atoms with E-state index in [1.807, 2.05) is 6.92 Å². The number of hydrogen-bond donors (Lipinski definition) is 1. The molecule has 0 radical (unpaired) electrons. The molecule has 0 aliphatic carbocycles. The number of aromatic nitrogens is 4. The third kappa shape index (κ3) is 1.99. The summed E-state index contributed by atoms with van der Waals surface area (Å²) >= 11 is 7.51. The molecule has 6 nitrogen and oxygen atoms in total. The van der Waals surface area contributed by atoms with Crippen LogP contribution in [0.4, 0.5) is 5.69 Å². The van der Waals surface area contributed by atoms with Gasteiger partial charge in [0, 0.05) is 12.5 Å². The molecule has 104 valence electrons. The number of hydrogen-bond acceptors (Lipinski definition) is 6. The van der Waals surface area contributed by atoms with E-state index in [0.717, 1.165) is 27.8 Å². The van der Waals surface area contributed by atoms with Gasteiger partial charge in [-0.15, -0.1) is 10.2 Å². The van der Waals surface area contributed by atoms with Crippen molar-refractivity contribution in [1.82, 2.24) is 19.8 Å². The highest BCUT2D eigenvalue weighted by molar-refractivity contribution is 7.19. The van der Waals surface area contributed by atoms with Gasteiger partial charge in [-0.1, -0.05) is 29.9 Å². The van der Waals surface area contributed by atoms with E-state index in [0.29, 0.717) is 16.5 Å². The number of methoxy groups -OCH3 is 1. The minimum absolute atomic E-state index is 0.475. The molecule has 0 aliphatic heterocycles. The molecule has 0 saturated carbocycles. The predicted molar refractivity (Wildman–Crippen MR) is 79.4 cm³/mol. The van der Waals surface area contributed by atoms with Gasteiger partial charge >= 0.3 is 0 Å². The van der Waals surface area contributed by atoms with Crippen molar-refractivity contribution in [1.29, 1.82) is 0 Å². The topological polar surface area (TPSA) is 78.3 Å². The molecule has 0 unspecified atom stereocenters. The van der Waals surface area contributed by atoms with Gasteiger partial charge in [-0.3, -0.25) is 0 Å². The van der Waals surface area contributed by atoms with Gasteiger partial charge in [-0.25, -0.2) is 0 Å². The van der Waals surface area contributed by atoms with Crippen LogP contribution in [0.25, 0.3) is 15.5 Å². The number of nitrogens with zero attached hydrogens (tertiary/aromatic N) is 4. The molecule has 0 atom stereocenters. The zero-order valence-corrected chi connectivity index (χ0v) is 12.5. The van der Waals surface area contributed by atoms with Gasteiger partial charge in [0.15, 0.2) is 10.8 Å². The lowest BCUT2D eigenvalue weighted by atomic mass is 10.2. The highest BCUT2D eigenvalue weighted by Gasteiger charge is 2.16. The summed E-state index contributed by atoms with van der Waals surface area (Å²) in [6, 6.07) is 3.45. The van der Waals surface area contributed by atoms with Gasteiger partial charge in [0.05, 0.1) is 23.4 Å².